The minimum Gasteiger partial charge on any atom is -0.276 e. The average molecular weight is 355 g/mol. The molecule has 0 aliphatic heterocycles. The fraction of sp³-hybridized carbons (Fsp3) is 0.222. The van der Waals surface area contributed by atoms with Crippen molar-refractivity contribution in [1.29, 1.82) is 0 Å². The van der Waals surface area contributed by atoms with Crippen LogP contribution in [0, 0.1) is 0 Å². The topological polar surface area (TPSA) is 17.1 Å². The highest BCUT2D eigenvalue weighted by molar-refractivity contribution is 9.10. The van der Waals surface area contributed by atoms with Crippen molar-refractivity contribution in [2.45, 2.75) is 12.4 Å². The highest BCUT2D eigenvalue weighted by Crippen LogP contribution is 2.44. The van der Waals surface area contributed by atoms with Gasteiger partial charge < -0.3 is 0 Å². The lowest BCUT2D eigenvalue weighted by Crippen LogP contribution is -2.20. The van der Waals surface area contributed by atoms with Gasteiger partial charge in [-0.05, 0) is 39.7 Å². The molecule has 18 heavy (non-hydrogen) atoms. The van der Waals surface area contributed by atoms with Crippen LogP contribution in [0.1, 0.15) is 21.5 Å². The quantitative estimate of drug-likeness (QED) is 0.519. The van der Waals surface area contributed by atoms with Crippen molar-refractivity contribution in [2.24, 2.45) is 0 Å². The first-order valence-corrected chi connectivity index (χ1v) is 5.30. The molecule has 1 aromatic carbocycles. The fourth-order valence-corrected chi connectivity index (χ4v) is 2.12. The van der Waals surface area contributed by atoms with Gasteiger partial charge in [0.25, 0.3) is 5.24 Å². The number of carbonyl (C=O) groups is 1. The first-order valence-electron chi connectivity index (χ1n) is 4.13. The van der Waals surface area contributed by atoms with E-state index in [1.54, 1.807) is 0 Å². The molecule has 9 heteroatoms. The second-order valence-electron chi connectivity index (χ2n) is 3.11. The van der Waals surface area contributed by atoms with Crippen LogP contribution in [-0.2, 0) is 12.4 Å². The Labute approximate surface area is 110 Å². The average Bonchev–Trinajstić information content (AvgIpc) is 2.12. The van der Waals surface area contributed by atoms with E-state index in [0.717, 1.165) is 0 Å². The minimum atomic E-state index is -5.35. The van der Waals surface area contributed by atoms with Crippen molar-refractivity contribution in [1.82, 2.24) is 0 Å². The van der Waals surface area contributed by atoms with Crippen molar-refractivity contribution < 1.29 is 31.1 Å². The predicted molar refractivity (Wildman–Crippen MR) is 54.3 cm³/mol. The molecule has 0 spiro atoms. The van der Waals surface area contributed by atoms with Crippen LogP contribution in [0.4, 0.5) is 26.3 Å². The van der Waals surface area contributed by atoms with Gasteiger partial charge in [0, 0.05) is 4.47 Å². The summed E-state index contributed by atoms with van der Waals surface area (Å²) in [5.74, 6) is 0. The van der Waals surface area contributed by atoms with E-state index in [2.05, 4.69) is 15.9 Å². The zero-order valence-corrected chi connectivity index (χ0v) is 10.4. The second kappa shape index (κ2) is 4.73. The van der Waals surface area contributed by atoms with E-state index in [9.17, 15) is 31.1 Å². The van der Waals surface area contributed by atoms with E-state index in [4.69, 9.17) is 11.6 Å². The van der Waals surface area contributed by atoms with Gasteiger partial charge in [-0.15, -0.1) is 0 Å². The van der Waals surface area contributed by atoms with Crippen LogP contribution in [0.2, 0.25) is 0 Å². The summed E-state index contributed by atoms with van der Waals surface area (Å²) in [4.78, 5) is 10.9. The first-order chi connectivity index (χ1) is 7.96. The predicted octanol–water partition coefficient (Wildman–Crippen LogP) is 4.87. The van der Waals surface area contributed by atoms with Crippen LogP contribution in [0.3, 0.4) is 0 Å². The van der Waals surface area contributed by atoms with E-state index in [1.807, 2.05) is 0 Å². The molecule has 0 saturated carbocycles. The third-order valence-electron chi connectivity index (χ3n) is 1.94. The largest absolute Gasteiger partial charge is 0.417 e. The Bertz CT molecular complexity index is 493. The number of alkyl halides is 6. The first kappa shape index (κ1) is 15.3. The number of carbonyl (C=O) groups excluding carboxylic acids is 1. The van der Waals surface area contributed by atoms with Crippen LogP contribution < -0.4 is 0 Å². The molecule has 0 fully saturated rings. The van der Waals surface area contributed by atoms with Crippen LogP contribution in [0.25, 0.3) is 0 Å². The molecule has 100 valence electrons. The standard InChI is InChI=1S/C9H2BrClF6O/c10-4-2-1-3(8(12,13)14)6(9(15,16)17)5(4)7(11)18/h1-2H. The summed E-state index contributed by atoms with van der Waals surface area (Å²) < 4.78 is 74.9. The SMILES string of the molecule is O=C(Cl)c1c(Br)ccc(C(F)(F)F)c1C(F)(F)F. The number of rotatable bonds is 1. The Balaban J connectivity index is 3.78. The molecule has 0 N–H and O–H groups in total. The third-order valence-corrected chi connectivity index (χ3v) is 2.79. The fourth-order valence-electron chi connectivity index (χ4n) is 1.30. The summed E-state index contributed by atoms with van der Waals surface area (Å²) in [6.45, 7) is 0. The van der Waals surface area contributed by atoms with Gasteiger partial charge in [-0.25, -0.2) is 0 Å². The lowest BCUT2D eigenvalue weighted by atomic mass is 10.0. The molecule has 0 heterocycles. The zero-order chi connectivity index (χ0) is 14.3. The number of hydrogen-bond acceptors (Lipinski definition) is 1. The van der Waals surface area contributed by atoms with Crippen LogP contribution >= 0.6 is 27.5 Å². The Hall–Kier alpha value is -0.760. The maximum absolute atomic E-state index is 12.6. The molecular formula is C9H2BrClF6O. The summed E-state index contributed by atoms with van der Waals surface area (Å²) in [6.07, 6.45) is -10.6. The van der Waals surface area contributed by atoms with Gasteiger partial charge in [0.1, 0.15) is 0 Å². The molecule has 0 saturated heterocycles. The Morgan fingerprint density at radius 2 is 1.56 bits per heavy atom. The molecule has 1 nitrogen and oxygen atoms in total. The van der Waals surface area contributed by atoms with Crippen LogP contribution in [0.15, 0.2) is 16.6 Å². The molecule has 1 aromatic rings. The van der Waals surface area contributed by atoms with E-state index >= 15 is 0 Å². The molecule has 0 atom stereocenters. The molecule has 0 unspecified atom stereocenters. The Morgan fingerprint density at radius 1 is 1.06 bits per heavy atom. The van der Waals surface area contributed by atoms with Gasteiger partial charge in [-0.3, -0.25) is 4.79 Å². The van der Waals surface area contributed by atoms with Crippen LogP contribution in [-0.4, -0.2) is 5.24 Å². The Morgan fingerprint density at radius 3 is 1.89 bits per heavy atom. The monoisotopic (exact) mass is 354 g/mol. The summed E-state index contributed by atoms with van der Waals surface area (Å²) in [6, 6.07) is 0.921. The molecule has 0 aliphatic carbocycles. The summed E-state index contributed by atoms with van der Waals surface area (Å²) in [7, 11) is 0. The van der Waals surface area contributed by atoms with Gasteiger partial charge in [-0.1, -0.05) is 0 Å². The maximum Gasteiger partial charge on any atom is 0.417 e. The van der Waals surface area contributed by atoms with E-state index in [-0.39, 0.29) is 6.07 Å². The zero-order valence-electron chi connectivity index (χ0n) is 8.09. The highest BCUT2D eigenvalue weighted by atomic mass is 79.9. The van der Waals surface area contributed by atoms with Gasteiger partial charge in [0.2, 0.25) is 0 Å². The molecule has 0 bridgehead atoms. The molecule has 0 aliphatic rings. The highest BCUT2D eigenvalue weighted by Gasteiger charge is 2.46. The Kier molecular flexibility index (Phi) is 4.02. The van der Waals surface area contributed by atoms with E-state index < -0.39 is 38.8 Å². The van der Waals surface area contributed by atoms with Crippen molar-refractivity contribution in [3.63, 3.8) is 0 Å². The van der Waals surface area contributed by atoms with Gasteiger partial charge in [0.05, 0.1) is 16.7 Å². The summed E-state index contributed by atoms with van der Waals surface area (Å²) in [5, 5.41) is -1.62. The normalized spacial score (nSPS) is 12.7. The van der Waals surface area contributed by atoms with Crippen molar-refractivity contribution in [3.8, 4) is 0 Å². The van der Waals surface area contributed by atoms with E-state index in [1.165, 1.54) is 0 Å². The van der Waals surface area contributed by atoms with Crippen molar-refractivity contribution in [3.05, 3.63) is 33.3 Å². The minimum absolute atomic E-state index is 0.232. The lowest BCUT2D eigenvalue weighted by Gasteiger charge is -2.18. The van der Waals surface area contributed by atoms with Gasteiger partial charge in [-0.2, -0.15) is 26.3 Å². The molecule has 0 aromatic heterocycles. The van der Waals surface area contributed by atoms with E-state index in [0.29, 0.717) is 6.07 Å². The molecule has 0 amide bonds. The summed E-state index contributed by atoms with van der Waals surface area (Å²) in [5.41, 5.74) is -5.30. The third kappa shape index (κ3) is 2.97. The van der Waals surface area contributed by atoms with Crippen LogP contribution in [0.5, 0.6) is 0 Å². The van der Waals surface area contributed by atoms with Crippen molar-refractivity contribution in [2.75, 3.05) is 0 Å². The summed E-state index contributed by atoms with van der Waals surface area (Å²) >= 11 is 7.47. The number of halogens is 8. The lowest BCUT2D eigenvalue weighted by molar-refractivity contribution is -0.162. The number of hydrogen-bond donors (Lipinski definition) is 0. The van der Waals surface area contributed by atoms with Crippen molar-refractivity contribution >= 4 is 32.8 Å². The van der Waals surface area contributed by atoms with Gasteiger partial charge in [0.15, 0.2) is 0 Å². The van der Waals surface area contributed by atoms with Gasteiger partial charge >= 0.3 is 12.4 Å². The number of benzene rings is 1. The maximum atomic E-state index is 12.6. The molecular weight excluding hydrogens is 353 g/mol. The molecule has 0 radical (unpaired) electrons. The molecule has 1 rings (SSSR count). The smallest absolute Gasteiger partial charge is 0.276 e. The second-order valence-corrected chi connectivity index (χ2v) is 4.31.